The van der Waals surface area contributed by atoms with Gasteiger partial charge in [-0.15, -0.1) is 0 Å². The molecule has 0 bridgehead atoms. The van der Waals surface area contributed by atoms with Gasteiger partial charge in [0.15, 0.2) is 0 Å². The predicted octanol–water partition coefficient (Wildman–Crippen LogP) is 5.38. The van der Waals surface area contributed by atoms with Gasteiger partial charge < -0.3 is 9.80 Å². The summed E-state index contributed by atoms with van der Waals surface area (Å²) in [7, 11) is 0. The molecule has 164 valence electrons. The van der Waals surface area contributed by atoms with E-state index < -0.39 is 0 Å². The summed E-state index contributed by atoms with van der Waals surface area (Å²) in [5.41, 5.74) is 2.89. The normalized spacial score (nSPS) is 19.6. The van der Waals surface area contributed by atoms with E-state index in [-0.39, 0.29) is 35.4 Å². The van der Waals surface area contributed by atoms with Crippen molar-refractivity contribution in [3.8, 4) is 0 Å². The number of halogens is 2. The number of benzene rings is 3. The van der Waals surface area contributed by atoms with E-state index in [2.05, 4.69) is 17.0 Å². The van der Waals surface area contributed by atoms with E-state index in [4.69, 9.17) is 0 Å². The molecule has 3 aromatic rings. The predicted molar refractivity (Wildman–Crippen MR) is 121 cm³/mol. The Hall–Kier alpha value is -3.21. The fourth-order valence-electron chi connectivity index (χ4n) is 5.37. The lowest BCUT2D eigenvalue weighted by molar-refractivity contribution is -0.133. The van der Waals surface area contributed by atoms with Crippen molar-refractivity contribution in [2.45, 2.75) is 25.3 Å². The number of nitrogens with zero attached hydrogens (tertiary/aromatic N) is 2. The Morgan fingerprint density at radius 3 is 2.25 bits per heavy atom. The second-order valence-electron chi connectivity index (χ2n) is 8.97. The van der Waals surface area contributed by atoms with E-state index in [9.17, 15) is 13.6 Å². The average Bonchev–Trinajstić information content (AvgIpc) is 2.78. The van der Waals surface area contributed by atoms with Crippen LogP contribution in [-0.4, -0.2) is 30.4 Å². The Morgan fingerprint density at radius 1 is 0.875 bits per heavy atom. The smallest absolute Gasteiger partial charge is 0.226 e. The summed E-state index contributed by atoms with van der Waals surface area (Å²) in [6.07, 6.45) is 2.02. The van der Waals surface area contributed by atoms with E-state index in [1.807, 2.05) is 29.2 Å². The number of amides is 1. The Labute approximate surface area is 187 Å². The highest BCUT2D eigenvalue weighted by atomic mass is 19.1. The van der Waals surface area contributed by atoms with Gasteiger partial charge >= 0.3 is 0 Å². The van der Waals surface area contributed by atoms with Crippen LogP contribution in [0.25, 0.3) is 0 Å². The summed E-state index contributed by atoms with van der Waals surface area (Å²) in [5.74, 6) is -0.499. The molecule has 2 aliphatic rings. The average molecular weight is 433 g/mol. The van der Waals surface area contributed by atoms with Gasteiger partial charge in [-0.05, 0) is 54.3 Å². The first kappa shape index (κ1) is 20.7. The third-order valence-corrected chi connectivity index (χ3v) is 6.99. The maximum Gasteiger partial charge on any atom is 0.226 e. The zero-order valence-electron chi connectivity index (χ0n) is 17.9. The van der Waals surface area contributed by atoms with Crippen LogP contribution in [-0.2, 0) is 11.2 Å². The minimum absolute atomic E-state index is 0.0445. The molecule has 2 heterocycles. The van der Waals surface area contributed by atoms with Gasteiger partial charge in [-0.2, -0.15) is 0 Å². The fourth-order valence-corrected chi connectivity index (χ4v) is 5.37. The SMILES string of the molecule is O=C(Cc1cccc(F)c1)N1CCC2(CC1)CN(c1cccc(F)c1)C2c1ccccc1. The number of likely N-dealkylation sites (tertiary alicyclic amines) is 1. The number of carbonyl (C=O) groups is 1. The van der Waals surface area contributed by atoms with Gasteiger partial charge in [-0.3, -0.25) is 4.79 Å². The second kappa shape index (κ2) is 8.38. The summed E-state index contributed by atoms with van der Waals surface area (Å²) in [4.78, 5) is 17.0. The Kier molecular flexibility index (Phi) is 5.41. The monoisotopic (exact) mass is 432 g/mol. The van der Waals surface area contributed by atoms with E-state index in [0.29, 0.717) is 18.7 Å². The van der Waals surface area contributed by atoms with Gasteiger partial charge in [0.1, 0.15) is 11.6 Å². The van der Waals surface area contributed by atoms with Gasteiger partial charge in [-0.1, -0.05) is 48.5 Å². The van der Waals surface area contributed by atoms with Gasteiger partial charge in [0.05, 0.1) is 12.5 Å². The summed E-state index contributed by atoms with van der Waals surface area (Å²) < 4.78 is 27.4. The molecule has 32 heavy (non-hydrogen) atoms. The Bertz CT molecular complexity index is 1110. The zero-order chi connectivity index (χ0) is 22.1. The van der Waals surface area contributed by atoms with Crippen molar-refractivity contribution in [2.24, 2.45) is 5.41 Å². The molecular formula is C27H26F2N2O. The maximum atomic E-state index is 13.9. The third-order valence-electron chi connectivity index (χ3n) is 6.99. The highest BCUT2D eigenvalue weighted by Crippen LogP contribution is 2.56. The number of hydrogen-bond donors (Lipinski definition) is 0. The minimum Gasteiger partial charge on any atom is -0.363 e. The molecule has 0 radical (unpaired) electrons. The van der Waals surface area contributed by atoms with Crippen molar-refractivity contribution >= 4 is 11.6 Å². The molecule has 0 N–H and O–H groups in total. The van der Waals surface area contributed by atoms with Crippen molar-refractivity contribution in [3.05, 3.63) is 102 Å². The minimum atomic E-state index is -0.314. The molecular weight excluding hydrogens is 406 g/mol. The molecule has 0 aliphatic carbocycles. The molecule has 2 aliphatic heterocycles. The molecule has 0 aromatic heterocycles. The first-order valence-corrected chi connectivity index (χ1v) is 11.1. The molecule has 2 fully saturated rings. The molecule has 0 saturated carbocycles. The lowest BCUT2D eigenvalue weighted by atomic mass is 9.63. The molecule has 1 amide bonds. The maximum absolute atomic E-state index is 13.9. The summed E-state index contributed by atoms with van der Waals surface area (Å²) in [5, 5.41) is 0. The van der Waals surface area contributed by atoms with Gasteiger partial charge in [-0.25, -0.2) is 8.78 Å². The number of anilines is 1. The first-order valence-electron chi connectivity index (χ1n) is 11.1. The lowest BCUT2D eigenvalue weighted by Gasteiger charge is -2.61. The van der Waals surface area contributed by atoms with E-state index in [0.717, 1.165) is 25.1 Å². The van der Waals surface area contributed by atoms with Crippen LogP contribution in [0.15, 0.2) is 78.9 Å². The van der Waals surface area contributed by atoms with Crippen LogP contribution < -0.4 is 4.90 Å². The van der Waals surface area contributed by atoms with Crippen molar-refractivity contribution in [1.82, 2.24) is 4.90 Å². The molecule has 5 heteroatoms. The highest BCUT2D eigenvalue weighted by Gasteiger charge is 2.54. The van der Waals surface area contributed by atoms with E-state index in [1.54, 1.807) is 24.3 Å². The molecule has 1 atom stereocenters. The van der Waals surface area contributed by atoms with Crippen molar-refractivity contribution in [3.63, 3.8) is 0 Å². The second-order valence-corrected chi connectivity index (χ2v) is 8.97. The largest absolute Gasteiger partial charge is 0.363 e. The summed E-state index contributed by atoms with van der Waals surface area (Å²) in [6, 6.07) is 23.6. The van der Waals surface area contributed by atoms with Gasteiger partial charge in [0, 0.05) is 30.7 Å². The van der Waals surface area contributed by atoms with Crippen LogP contribution in [0.2, 0.25) is 0 Å². The quantitative estimate of drug-likeness (QED) is 0.553. The molecule has 3 nitrogen and oxygen atoms in total. The van der Waals surface area contributed by atoms with E-state index in [1.165, 1.54) is 23.8 Å². The van der Waals surface area contributed by atoms with Gasteiger partial charge in [0.25, 0.3) is 0 Å². The summed E-state index contributed by atoms with van der Waals surface area (Å²) >= 11 is 0. The van der Waals surface area contributed by atoms with Crippen LogP contribution in [0, 0.1) is 17.0 Å². The van der Waals surface area contributed by atoms with Crippen LogP contribution in [0.3, 0.4) is 0 Å². The first-order chi connectivity index (χ1) is 15.5. The van der Waals surface area contributed by atoms with Crippen LogP contribution >= 0.6 is 0 Å². The molecule has 1 spiro atoms. The number of carbonyl (C=O) groups excluding carboxylic acids is 1. The topological polar surface area (TPSA) is 23.6 Å². The number of hydrogen-bond acceptors (Lipinski definition) is 2. The number of piperidine rings is 1. The molecule has 3 aromatic carbocycles. The summed E-state index contributed by atoms with van der Waals surface area (Å²) in [6.45, 7) is 2.23. The van der Waals surface area contributed by atoms with Gasteiger partial charge in [0.2, 0.25) is 5.91 Å². The fraction of sp³-hybridized carbons (Fsp3) is 0.296. The van der Waals surface area contributed by atoms with Crippen LogP contribution in [0.4, 0.5) is 14.5 Å². The Balaban J connectivity index is 1.32. The zero-order valence-corrected chi connectivity index (χ0v) is 17.9. The lowest BCUT2D eigenvalue weighted by Crippen LogP contribution is -2.63. The molecule has 2 saturated heterocycles. The van der Waals surface area contributed by atoms with E-state index >= 15 is 0 Å². The number of rotatable bonds is 4. The van der Waals surface area contributed by atoms with Crippen molar-refractivity contribution in [2.75, 3.05) is 24.5 Å². The molecule has 5 rings (SSSR count). The van der Waals surface area contributed by atoms with Crippen LogP contribution in [0.1, 0.15) is 30.0 Å². The highest BCUT2D eigenvalue weighted by molar-refractivity contribution is 5.79. The van der Waals surface area contributed by atoms with Crippen LogP contribution in [0.5, 0.6) is 0 Å². The van der Waals surface area contributed by atoms with Crippen molar-refractivity contribution in [1.29, 1.82) is 0 Å². The third kappa shape index (κ3) is 3.88. The standard InChI is InChI=1S/C27H26F2N2O/c28-22-9-4-6-20(16-22)17-25(32)30-14-12-27(13-15-30)19-31(24-11-5-10-23(29)18-24)26(27)21-7-2-1-3-8-21/h1-11,16,18,26H,12-15,17,19H2. The van der Waals surface area contributed by atoms with Crippen molar-refractivity contribution < 1.29 is 13.6 Å². The molecule has 1 unspecified atom stereocenters. The Morgan fingerprint density at radius 2 is 1.56 bits per heavy atom.